The molecular formula is C14H9ClN2O2S. The highest BCUT2D eigenvalue weighted by molar-refractivity contribution is 7.20. The van der Waals surface area contributed by atoms with Gasteiger partial charge >= 0.3 is 0 Å². The Balaban J connectivity index is 1.87. The Morgan fingerprint density at radius 1 is 1.20 bits per heavy atom. The Bertz CT molecular complexity index is 783. The molecule has 1 amide bonds. The van der Waals surface area contributed by atoms with Crippen LogP contribution in [0.5, 0.6) is 10.9 Å². The lowest BCUT2D eigenvalue weighted by molar-refractivity contribution is 0.100. The number of nitrogens with zero attached hydrogens (tertiary/aromatic N) is 1. The van der Waals surface area contributed by atoms with E-state index < -0.39 is 5.91 Å². The summed E-state index contributed by atoms with van der Waals surface area (Å²) in [5, 5.41) is 1.19. The molecule has 0 radical (unpaired) electrons. The number of primary amides is 1. The number of fused-ring (bicyclic) bond motifs is 1. The maximum Gasteiger partial charge on any atom is 0.279 e. The van der Waals surface area contributed by atoms with E-state index in [0.717, 1.165) is 10.2 Å². The van der Waals surface area contributed by atoms with Crippen molar-refractivity contribution in [1.29, 1.82) is 0 Å². The average molecular weight is 305 g/mol. The normalized spacial score (nSPS) is 10.7. The lowest BCUT2D eigenvalue weighted by Gasteiger charge is -2.01. The minimum absolute atomic E-state index is 0.438. The topological polar surface area (TPSA) is 65.2 Å². The van der Waals surface area contributed by atoms with Gasteiger partial charge in [-0.1, -0.05) is 22.9 Å². The molecular weight excluding hydrogens is 296 g/mol. The number of nitrogens with two attached hydrogens (primary N) is 1. The second-order valence-electron chi connectivity index (χ2n) is 4.08. The fourth-order valence-electron chi connectivity index (χ4n) is 1.71. The van der Waals surface area contributed by atoms with E-state index in [2.05, 4.69) is 4.98 Å². The van der Waals surface area contributed by atoms with Gasteiger partial charge in [0.25, 0.3) is 5.19 Å². The first kappa shape index (κ1) is 12.9. The zero-order valence-corrected chi connectivity index (χ0v) is 11.7. The predicted octanol–water partition coefficient (Wildman–Crippen LogP) is 3.84. The molecule has 0 aliphatic rings. The number of rotatable bonds is 3. The number of carbonyl (C=O) groups is 1. The Kier molecular flexibility index (Phi) is 3.30. The molecule has 0 aliphatic carbocycles. The average Bonchev–Trinajstić information content (AvgIpc) is 2.80. The minimum atomic E-state index is -0.467. The first-order chi connectivity index (χ1) is 9.61. The van der Waals surface area contributed by atoms with Crippen LogP contribution in [0, 0.1) is 0 Å². The van der Waals surface area contributed by atoms with Crippen LogP contribution in [0.1, 0.15) is 10.4 Å². The van der Waals surface area contributed by atoms with Gasteiger partial charge in [-0.3, -0.25) is 4.79 Å². The van der Waals surface area contributed by atoms with Gasteiger partial charge in [-0.2, -0.15) is 0 Å². The lowest BCUT2D eigenvalue weighted by Crippen LogP contribution is -2.10. The highest BCUT2D eigenvalue weighted by Gasteiger charge is 2.07. The number of hydrogen-bond donors (Lipinski definition) is 1. The van der Waals surface area contributed by atoms with Crippen LogP contribution >= 0.6 is 22.9 Å². The molecule has 1 aromatic heterocycles. The van der Waals surface area contributed by atoms with Gasteiger partial charge in [-0.15, -0.1) is 0 Å². The number of benzene rings is 2. The van der Waals surface area contributed by atoms with Crippen LogP contribution in [0.15, 0.2) is 42.5 Å². The van der Waals surface area contributed by atoms with Crippen LogP contribution in [-0.4, -0.2) is 10.9 Å². The molecule has 1 heterocycles. The Labute approximate surface area is 123 Å². The van der Waals surface area contributed by atoms with Crippen molar-refractivity contribution in [3.05, 3.63) is 53.1 Å². The van der Waals surface area contributed by atoms with Crippen LogP contribution in [0.2, 0.25) is 5.02 Å². The summed E-state index contributed by atoms with van der Waals surface area (Å²) >= 11 is 7.34. The van der Waals surface area contributed by atoms with Gasteiger partial charge in [0, 0.05) is 10.6 Å². The third-order valence-corrected chi connectivity index (χ3v) is 3.81. The molecule has 3 rings (SSSR count). The van der Waals surface area contributed by atoms with Crippen molar-refractivity contribution in [2.75, 3.05) is 0 Å². The number of ether oxygens (including phenoxy) is 1. The molecule has 0 unspecified atom stereocenters. The summed E-state index contributed by atoms with van der Waals surface area (Å²) in [5.41, 5.74) is 6.45. The number of carbonyl (C=O) groups excluding carboxylic acids is 1. The Morgan fingerprint density at radius 2 is 1.95 bits per heavy atom. The highest BCUT2D eigenvalue weighted by Crippen LogP contribution is 2.32. The predicted molar refractivity (Wildman–Crippen MR) is 79.7 cm³/mol. The molecule has 2 N–H and O–H groups in total. The summed E-state index contributed by atoms with van der Waals surface area (Å²) in [7, 11) is 0. The fraction of sp³-hybridized carbons (Fsp3) is 0. The molecule has 0 saturated heterocycles. The van der Waals surface area contributed by atoms with Crippen LogP contribution in [-0.2, 0) is 0 Å². The quantitative estimate of drug-likeness (QED) is 0.799. The SMILES string of the molecule is NC(=O)c1ccc(Oc2nc3ccc(Cl)cc3s2)cc1. The first-order valence-electron chi connectivity index (χ1n) is 5.75. The summed E-state index contributed by atoms with van der Waals surface area (Å²) in [6.45, 7) is 0. The zero-order chi connectivity index (χ0) is 14.1. The molecule has 2 aromatic carbocycles. The van der Waals surface area contributed by atoms with E-state index in [-0.39, 0.29) is 0 Å². The number of amides is 1. The van der Waals surface area contributed by atoms with Crippen molar-refractivity contribution >= 4 is 39.1 Å². The van der Waals surface area contributed by atoms with Crippen LogP contribution in [0.3, 0.4) is 0 Å². The standard InChI is InChI=1S/C14H9ClN2O2S/c15-9-3-6-11-12(7-9)20-14(17-11)19-10-4-1-8(2-5-10)13(16)18/h1-7H,(H2,16,18). The van der Waals surface area contributed by atoms with Crippen LogP contribution in [0.4, 0.5) is 0 Å². The molecule has 20 heavy (non-hydrogen) atoms. The van der Waals surface area contributed by atoms with E-state index in [1.165, 1.54) is 11.3 Å². The first-order valence-corrected chi connectivity index (χ1v) is 6.95. The van der Waals surface area contributed by atoms with Crippen molar-refractivity contribution in [3.63, 3.8) is 0 Å². The van der Waals surface area contributed by atoms with Crippen LogP contribution < -0.4 is 10.5 Å². The maximum atomic E-state index is 11.0. The summed E-state index contributed by atoms with van der Waals surface area (Å²) in [6, 6.07) is 12.1. The molecule has 0 atom stereocenters. The summed E-state index contributed by atoms with van der Waals surface area (Å²) in [5.74, 6) is 0.131. The summed E-state index contributed by atoms with van der Waals surface area (Å²) in [4.78, 5) is 15.3. The molecule has 100 valence electrons. The van der Waals surface area contributed by atoms with E-state index in [4.69, 9.17) is 22.1 Å². The maximum absolute atomic E-state index is 11.0. The van der Waals surface area contributed by atoms with Gasteiger partial charge in [0.2, 0.25) is 5.91 Å². The number of hydrogen-bond acceptors (Lipinski definition) is 4. The van der Waals surface area contributed by atoms with Crippen LogP contribution in [0.25, 0.3) is 10.2 Å². The van der Waals surface area contributed by atoms with Gasteiger partial charge in [0.1, 0.15) is 5.75 Å². The van der Waals surface area contributed by atoms with Gasteiger partial charge in [-0.05, 0) is 42.5 Å². The molecule has 0 fully saturated rings. The van der Waals surface area contributed by atoms with Crippen molar-refractivity contribution in [2.24, 2.45) is 5.73 Å². The minimum Gasteiger partial charge on any atom is -0.431 e. The van der Waals surface area contributed by atoms with Crippen molar-refractivity contribution in [3.8, 4) is 10.9 Å². The third kappa shape index (κ3) is 2.59. The number of thiazole rings is 1. The van der Waals surface area contributed by atoms with Gasteiger partial charge in [0.15, 0.2) is 0 Å². The highest BCUT2D eigenvalue weighted by atomic mass is 35.5. The Morgan fingerprint density at radius 3 is 2.65 bits per heavy atom. The van der Waals surface area contributed by atoms with E-state index in [9.17, 15) is 4.79 Å². The Hall–Kier alpha value is -2.11. The molecule has 0 spiro atoms. The second kappa shape index (κ2) is 5.11. The van der Waals surface area contributed by atoms with Crippen molar-refractivity contribution in [2.45, 2.75) is 0 Å². The largest absolute Gasteiger partial charge is 0.431 e. The molecule has 0 bridgehead atoms. The third-order valence-electron chi connectivity index (χ3n) is 2.67. The zero-order valence-electron chi connectivity index (χ0n) is 10.2. The number of aromatic nitrogens is 1. The van der Waals surface area contributed by atoms with Crippen molar-refractivity contribution in [1.82, 2.24) is 4.98 Å². The molecule has 0 saturated carbocycles. The van der Waals surface area contributed by atoms with Gasteiger partial charge < -0.3 is 10.5 Å². The summed E-state index contributed by atoms with van der Waals surface area (Å²) in [6.07, 6.45) is 0. The van der Waals surface area contributed by atoms with Gasteiger partial charge in [-0.25, -0.2) is 4.98 Å². The molecule has 6 heteroatoms. The van der Waals surface area contributed by atoms with E-state index >= 15 is 0 Å². The van der Waals surface area contributed by atoms with Crippen molar-refractivity contribution < 1.29 is 9.53 Å². The second-order valence-corrected chi connectivity index (χ2v) is 5.51. The fourth-order valence-corrected chi connectivity index (χ4v) is 2.82. The molecule has 3 aromatic rings. The lowest BCUT2D eigenvalue weighted by atomic mass is 10.2. The molecule has 4 nitrogen and oxygen atoms in total. The van der Waals surface area contributed by atoms with E-state index in [1.807, 2.05) is 12.1 Å². The van der Waals surface area contributed by atoms with E-state index in [0.29, 0.717) is 21.5 Å². The summed E-state index contributed by atoms with van der Waals surface area (Å²) < 4.78 is 6.61. The van der Waals surface area contributed by atoms with E-state index in [1.54, 1.807) is 30.3 Å². The monoisotopic (exact) mass is 304 g/mol. The smallest absolute Gasteiger partial charge is 0.279 e. The molecule has 0 aliphatic heterocycles. The number of halogens is 1. The van der Waals surface area contributed by atoms with Gasteiger partial charge in [0.05, 0.1) is 10.2 Å².